The van der Waals surface area contributed by atoms with Crippen molar-refractivity contribution >= 4 is 47.2 Å². The largest absolute Gasteiger partial charge is 0.462 e. The van der Waals surface area contributed by atoms with E-state index in [1.165, 1.54) is 11.3 Å². The van der Waals surface area contributed by atoms with Gasteiger partial charge in [-0.3, -0.25) is 4.99 Å². The van der Waals surface area contributed by atoms with Crippen molar-refractivity contribution in [1.29, 1.82) is 0 Å². The Hall–Kier alpha value is -1.69. The van der Waals surface area contributed by atoms with Gasteiger partial charge in [0.1, 0.15) is 15.6 Å². The molecule has 1 unspecified atom stereocenters. The predicted octanol–water partition coefficient (Wildman–Crippen LogP) is 4.10. The maximum atomic E-state index is 12.0. The van der Waals surface area contributed by atoms with Gasteiger partial charge in [-0.05, 0) is 54.4 Å². The second kappa shape index (κ2) is 12.9. The molecule has 2 rings (SSSR count). The van der Waals surface area contributed by atoms with Crippen molar-refractivity contribution in [1.82, 2.24) is 20.8 Å². The molecular formula is C20H32IN5O3S. The smallest absolute Gasteiger partial charge is 0.350 e. The number of carbonyl (C=O) groups excluding carboxylic acids is 1. The highest BCUT2D eigenvalue weighted by molar-refractivity contribution is 14.0. The number of thiazole rings is 1. The first-order chi connectivity index (χ1) is 13.9. The Balaban J connectivity index is 0.00000450. The van der Waals surface area contributed by atoms with E-state index in [2.05, 4.69) is 25.8 Å². The van der Waals surface area contributed by atoms with E-state index in [1.807, 2.05) is 34.6 Å². The fourth-order valence-corrected chi connectivity index (χ4v) is 3.84. The summed E-state index contributed by atoms with van der Waals surface area (Å²) >= 11 is 1.36. The summed E-state index contributed by atoms with van der Waals surface area (Å²) in [5.41, 5.74) is 2.80. The molecule has 0 bridgehead atoms. The zero-order valence-corrected chi connectivity index (χ0v) is 21.6. The molecule has 0 radical (unpaired) electrons. The number of hydrogen-bond acceptors (Lipinski definition) is 7. The highest BCUT2D eigenvalue weighted by Crippen LogP contribution is 2.24. The summed E-state index contributed by atoms with van der Waals surface area (Å²) in [6.07, 6.45) is 1.78. The quantitative estimate of drug-likeness (QED) is 0.160. The van der Waals surface area contributed by atoms with Gasteiger partial charge in [-0.25, -0.2) is 9.78 Å². The fourth-order valence-electron chi connectivity index (χ4n) is 2.88. The van der Waals surface area contributed by atoms with Crippen LogP contribution >= 0.6 is 35.3 Å². The number of guanidine groups is 1. The van der Waals surface area contributed by atoms with Crippen molar-refractivity contribution in [2.45, 2.75) is 60.4 Å². The SMILES string of the molecule is CCNC(=NCCCc1c(C)noc1C)NC(C)c1nc(C)c(C(=O)OCC)s1.I. The number of hydrogen-bond donors (Lipinski definition) is 2. The van der Waals surface area contributed by atoms with Crippen molar-refractivity contribution in [2.24, 2.45) is 4.99 Å². The molecule has 0 amide bonds. The predicted molar refractivity (Wildman–Crippen MR) is 130 cm³/mol. The number of rotatable bonds is 9. The molecule has 0 aliphatic rings. The van der Waals surface area contributed by atoms with Crippen molar-refractivity contribution in [3.63, 3.8) is 0 Å². The lowest BCUT2D eigenvalue weighted by Crippen LogP contribution is -2.38. The van der Waals surface area contributed by atoms with Crippen molar-refractivity contribution in [3.8, 4) is 0 Å². The Labute approximate surface area is 199 Å². The number of aryl methyl sites for hydroxylation is 3. The first kappa shape index (κ1) is 26.3. The third-order valence-corrected chi connectivity index (χ3v) is 5.70. The van der Waals surface area contributed by atoms with Crippen LogP contribution in [-0.2, 0) is 11.2 Å². The molecule has 0 spiro atoms. The van der Waals surface area contributed by atoms with Crippen molar-refractivity contribution in [3.05, 3.63) is 32.6 Å². The van der Waals surface area contributed by atoms with Crippen molar-refractivity contribution in [2.75, 3.05) is 19.7 Å². The molecular weight excluding hydrogens is 517 g/mol. The van der Waals surface area contributed by atoms with Crippen LogP contribution in [0, 0.1) is 20.8 Å². The summed E-state index contributed by atoms with van der Waals surface area (Å²) in [5, 5.41) is 11.4. The molecule has 0 aliphatic heterocycles. The average molecular weight is 549 g/mol. The van der Waals surface area contributed by atoms with Gasteiger partial charge in [0.2, 0.25) is 0 Å². The Morgan fingerprint density at radius 1 is 1.27 bits per heavy atom. The Morgan fingerprint density at radius 3 is 2.60 bits per heavy atom. The summed E-state index contributed by atoms with van der Waals surface area (Å²) < 4.78 is 10.3. The lowest BCUT2D eigenvalue weighted by molar-refractivity contribution is 0.0531. The number of nitrogens with zero attached hydrogens (tertiary/aromatic N) is 3. The molecule has 168 valence electrons. The van der Waals surface area contributed by atoms with E-state index in [9.17, 15) is 4.79 Å². The van der Waals surface area contributed by atoms with Gasteiger partial charge in [-0.2, -0.15) is 0 Å². The summed E-state index contributed by atoms with van der Waals surface area (Å²) in [4.78, 5) is 21.8. The van der Waals surface area contributed by atoms with Crippen LogP contribution in [0.4, 0.5) is 0 Å². The van der Waals surface area contributed by atoms with Crippen LogP contribution in [0.15, 0.2) is 9.52 Å². The normalized spacial score (nSPS) is 12.3. The minimum atomic E-state index is -0.319. The molecule has 10 heteroatoms. The number of aliphatic imine (C=N–C) groups is 1. The molecule has 0 fully saturated rings. The Bertz CT molecular complexity index is 830. The van der Waals surface area contributed by atoms with E-state index in [1.54, 1.807) is 6.92 Å². The lowest BCUT2D eigenvalue weighted by atomic mass is 10.1. The number of nitrogens with one attached hydrogen (secondary N) is 2. The first-order valence-electron chi connectivity index (χ1n) is 9.98. The molecule has 0 aliphatic carbocycles. The van der Waals surface area contributed by atoms with Gasteiger partial charge in [0, 0.05) is 18.7 Å². The van der Waals surface area contributed by atoms with Gasteiger partial charge in [-0.15, -0.1) is 35.3 Å². The van der Waals surface area contributed by atoms with Gasteiger partial charge < -0.3 is 19.9 Å². The molecule has 2 N–H and O–H groups in total. The summed E-state index contributed by atoms with van der Waals surface area (Å²) in [6.45, 7) is 13.3. The van der Waals surface area contributed by atoms with Crippen LogP contribution in [0.3, 0.4) is 0 Å². The standard InChI is InChI=1S/C20H31N5O3S.HI/c1-7-21-20(22-11-9-10-16-12(3)25-28-15(16)6)24-14(5)18-23-13(4)17(29-18)19(26)27-8-2;/h14H,7-11H2,1-6H3,(H2,21,22,24);1H. The van der Waals surface area contributed by atoms with E-state index < -0.39 is 0 Å². The average Bonchev–Trinajstić information content (AvgIpc) is 3.22. The second-order valence-electron chi connectivity index (χ2n) is 6.72. The zero-order valence-electron chi connectivity index (χ0n) is 18.5. The van der Waals surface area contributed by atoms with Crippen molar-refractivity contribution < 1.29 is 14.1 Å². The zero-order chi connectivity index (χ0) is 21.4. The first-order valence-corrected chi connectivity index (χ1v) is 10.8. The maximum Gasteiger partial charge on any atom is 0.350 e. The van der Waals surface area contributed by atoms with Crippen LogP contribution in [0.2, 0.25) is 0 Å². The Kier molecular flexibility index (Phi) is 11.3. The van der Waals surface area contributed by atoms with Crippen LogP contribution in [-0.4, -0.2) is 41.8 Å². The third kappa shape index (κ3) is 7.22. The topological polar surface area (TPSA) is 102 Å². The minimum absolute atomic E-state index is 0. The van der Waals surface area contributed by atoms with Gasteiger partial charge in [0.25, 0.3) is 0 Å². The maximum absolute atomic E-state index is 12.0. The molecule has 2 aromatic rings. The van der Waals surface area contributed by atoms with E-state index >= 15 is 0 Å². The van der Waals surface area contributed by atoms with E-state index in [4.69, 9.17) is 9.26 Å². The van der Waals surface area contributed by atoms with Gasteiger partial charge in [0.15, 0.2) is 5.96 Å². The number of carbonyl (C=O) groups is 1. The Morgan fingerprint density at radius 2 is 2.00 bits per heavy atom. The fraction of sp³-hybridized carbons (Fsp3) is 0.600. The molecule has 2 aromatic heterocycles. The summed E-state index contributed by atoms with van der Waals surface area (Å²) in [5.74, 6) is 1.28. The van der Waals surface area contributed by atoms with Crippen LogP contribution in [0.25, 0.3) is 0 Å². The number of esters is 1. The molecule has 8 nitrogen and oxygen atoms in total. The summed E-state index contributed by atoms with van der Waals surface area (Å²) in [6, 6.07) is -0.0813. The van der Waals surface area contributed by atoms with E-state index in [0.29, 0.717) is 23.7 Å². The van der Waals surface area contributed by atoms with Gasteiger partial charge >= 0.3 is 5.97 Å². The number of aromatic nitrogens is 2. The van der Waals surface area contributed by atoms with Crippen LogP contribution < -0.4 is 10.6 Å². The summed E-state index contributed by atoms with van der Waals surface area (Å²) in [7, 11) is 0. The van der Waals surface area contributed by atoms with E-state index in [0.717, 1.165) is 47.4 Å². The van der Waals surface area contributed by atoms with E-state index in [-0.39, 0.29) is 36.0 Å². The molecule has 0 aromatic carbocycles. The molecule has 0 saturated carbocycles. The van der Waals surface area contributed by atoms with Crippen LogP contribution in [0.1, 0.15) is 70.6 Å². The van der Waals surface area contributed by atoms with Gasteiger partial charge in [0.05, 0.1) is 24.0 Å². The number of ether oxygens (including phenoxy) is 1. The monoisotopic (exact) mass is 549 g/mol. The minimum Gasteiger partial charge on any atom is -0.462 e. The highest BCUT2D eigenvalue weighted by Gasteiger charge is 2.20. The van der Waals surface area contributed by atoms with Gasteiger partial charge in [-0.1, -0.05) is 5.16 Å². The third-order valence-electron chi connectivity index (χ3n) is 4.38. The molecule has 1 atom stereocenters. The number of halogens is 1. The second-order valence-corrected chi connectivity index (χ2v) is 7.75. The molecule has 0 saturated heterocycles. The molecule has 2 heterocycles. The lowest BCUT2D eigenvalue weighted by Gasteiger charge is -2.16. The highest BCUT2D eigenvalue weighted by atomic mass is 127. The van der Waals surface area contributed by atoms with Crippen LogP contribution in [0.5, 0.6) is 0 Å². The molecule has 30 heavy (non-hydrogen) atoms.